The molecule has 9 aromatic carbocycles. The van der Waals surface area contributed by atoms with Gasteiger partial charge < -0.3 is 4.57 Å². The topological polar surface area (TPSA) is 4.93 Å². The van der Waals surface area contributed by atoms with Crippen molar-refractivity contribution in [3.63, 3.8) is 0 Å². The zero-order valence-electron chi connectivity index (χ0n) is 30.3. The van der Waals surface area contributed by atoms with Gasteiger partial charge in [-0.1, -0.05) is 188 Å². The number of nitrogens with zero attached hydrogens (tertiary/aromatic N) is 1. The van der Waals surface area contributed by atoms with Crippen LogP contribution in [0.3, 0.4) is 0 Å². The Balaban J connectivity index is 1.05. The monoisotopic (exact) mass is 699 g/mol. The smallest absolute Gasteiger partial charge is 0.0541 e. The zero-order valence-corrected chi connectivity index (χ0v) is 30.3. The highest BCUT2D eigenvalue weighted by Crippen LogP contribution is 2.38. The van der Waals surface area contributed by atoms with Gasteiger partial charge in [0.05, 0.1) is 11.0 Å². The molecule has 0 spiro atoms. The highest BCUT2D eigenvalue weighted by Gasteiger charge is 2.15. The molecule has 0 atom stereocenters. The van der Waals surface area contributed by atoms with E-state index in [-0.39, 0.29) is 0 Å². The van der Waals surface area contributed by atoms with Crippen molar-refractivity contribution >= 4 is 21.8 Å². The lowest BCUT2D eigenvalue weighted by Crippen LogP contribution is -1.94. The Kier molecular flexibility index (Phi) is 8.24. The highest BCUT2D eigenvalue weighted by atomic mass is 15.0. The second kappa shape index (κ2) is 14.0. The average molecular weight is 700 g/mol. The van der Waals surface area contributed by atoms with Crippen LogP contribution in [0.2, 0.25) is 0 Å². The van der Waals surface area contributed by atoms with Gasteiger partial charge in [-0.05, 0) is 103 Å². The lowest BCUT2D eigenvalue weighted by Gasteiger charge is -2.11. The fraction of sp³-hybridized carbons (Fsp3) is 0. The standard InChI is InChI=1S/C54H37N/c1-4-10-38(11-5-1)41-16-18-44(19-17-41)45-28-32-50(33-29-45)55-53-34-30-48(46-24-20-42(21-25-46)39-12-6-2-7-13-39)36-51(53)52-37-49(31-35-54(52)55)47-26-22-43(23-27-47)40-14-8-3-9-15-40/h1-37H. The third kappa shape index (κ3) is 6.22. The van der Waals surface area contributed by atoms with E-state index in [1.54, 1.807) is 0 Å². The van der Waals surface area contributed by atoms with Crippen LogP contribution in [0.15, 0.2) is 224 Å². The molecule has 10 rings (SSSR count). The highest BCUT2D eigenvalue weighted by molar-refractivity contribution is 6.11. The van der Waals surface area contributed by atoms with E-state index in [1.165, 1.54) is 88.6 Å². The average Bonchev–Trinajstić information content (AvgIpc) is 3.60. The molecule has 1 nitrogen and oxygen atoms in total. The van der Waals surface area contributed by atoms with Crippen LogP contribution in [0, 0.1) is 0 Å². The van der Waals surface area contributed by atoms with Crippen molar-refractivity contribution in [1.82, 2.24) is 4.57 Å². The normalized spacial score (nSPS) is 11.3. The zero-order chi connectivity index (χ0) is 36.6. The van der Waals surface area contributed by atoms with Gasteiger partial charge in [-0.25, -0.2) is 0 Å². The molecule has 0 fully saturated rings. The lowest BCUT2D eigenvalue weighted by molar-refractivity contribution is 1.18. The van der Waals surface area contributed by atoms with Crippen LogP contribution in [0.1, 0.15) is 0 Å². The molecule has 0 saturated carbocycles. The summed E-state index contributed by atoms with van der Waals surface area (Å²) in [7, 11) is 0. The van der Waals surface area contributed by atoms with E-state index in [9.17, 15) is 0 Å². The second-order valence-electron chi connectivity index (χ2n) is 14.2. The van der Waals surface area contributed by atoms with Gasteiger partial charge in [0.25, 0.3) is 0 Å². The molecule has 0 aliphatic rings. The number of rotatable bonds is 7. The summed E-state index contributed by atoms with van der Waals surface area (Å²) in [6.45, 7) is 0. The first kappa shape index (κ1) is 32.4. The number of aromatic nitrogens is 1. The maximum atomic E-state index is 2.41. The summed E-state index contributed by atoms with van der Waals surface area (Å²) in [5.41, 5.74) is 18.1. The van der Waals surface area contributed by atoms with E-state index in [1.807, 2.05) is 0 Å². The van der Waals surface area contributed by atoms with Crippen LogP contribution in [0.25, 0.3) is 94.3 Å². The van der Waals surface area contributed by atoms with Crippen molar-refractivity contribution < 1.29 is 0 Å². The van der Waals surface area contributed by atoms with E-state index in [0.717, 1.165) is 5.69 Å². The minimum Gasteiger partial charge on any atom is -0.309 e. The number of hydrogen-bond acceptors (Lipinski definition) is 0. The first-order valence-electron chi connectivity index (χ1n) is 18.9. The van der Waals surface area contributed by atoms with Gasteiger partial charge in [0.15, 0.2) is 0 Å². The molecule has 0 radical (unpaired) electrons. The number of fused-ring (bicyclic) bond motifs is 3. The van der Waals surface area contributed by atoms with E-state index >= 15 is 0 Å². The first-order valence-corrected chi connectivity index (χ1v) is 18.9. The summed E-state index contributed by atoms with van der Waals surface area (Å²) >= 11 is 0. The molecule has 10 aromatic rings. The maximum Gasteiger partial charge on any atom is 0.0541 e. The van der Waals surface area contributed by atoms with Crippen molar-refractivity contribution in [1.29, 1.82) is 0 Å². The molecule has 0 bridgehead atoms. The Bertz CT molecular complexity index is 2750. The molecule has 55 heavy (non-hydrogen) atoms. The molecular weight excluding hydrogens is 663 g/mol. The fourth-order valence-corrected chi connectivity index (χ4v) is 7.92. The van der Waals surface area contributed by atoms with E-state index < -0.39 is 0 Å². The third-order valence-electron chi connectivity index (χ3n) is 10.9. The Morgan fingerprint density at radius 2 is 0.436 bits per heavy atom. The van der Waals surface area contributed by atoms with Crippen LogP contribution in [-0.4, -0.2) is 4.57 Å². The number of benzene rings is 9. The Hall–Kier alpha value is -7.22. The molecule has 0 N–H and O–H groups in total. The van der Waals surface area contributed by atoms with Crippen molar-refractivity contribution in [2.45, 2.75) is 0 Å². The SMILES string of the molecule is c1ccc(-c2ccc(-c3ccc(-n4c5ccc(-c6ccc(-c7ccccc7)cc6)cc5c5cc(-c6ccc(-c7ccccc7)cc6)ccc54)cc3)cc2)cc1. The largest absolute Gasteiger partial charge is 0.309 e. The van der Waals surface area contributed by atoms with Gasteiger partial charge >= 0.3 is 0 Å². The molecule has 1 heterocycles. The molecule has 258 valence electrons. The molecule has 0 saturated heterocycles. The van der Waals surface area contributed by atoms with E-state index in [4.69, 9.17) is 0 Å². The Labute approximate surface area is 322 Å². The molecule has 0 aliphatic heterocycles. The maximum absolute atomic E-state index is 2.41. The molecule has 0 amide bonds. The molecule has 0 aliphatic carbocycles. The molecule has 0 unspecified atom stereocenters. The van der Waals surface area contributed by atoms with Crippen LogP contribution in [-0.2, 0) is 0 Å². The minimum atomic E-state index is 1.14. The predicted molar refractivity (Wildman–Crippen MR) is 233 cm³/mol. The molecular formula is C54H37N. The van der Waals surface area contributed by atoms with Crippen molar-refractivity contribution in [2.75, 3.05) is 0 Å². The second-order valence-corrected chi connectivity index (χ2v) is 14.2. The Morgan fingerprint density at radius 3 is 0.745 bits per heavy atom. The van der Waals surface area contributed by atoms with Gasteiger partial charge in [-0.2, -0.15) is 0 Å². The molecule has 1 heteroatoms. The van der Waals surface area contributed by atoms with Gasteiger partial charge in [0.2, 0.25) is 0 Å². The van der Waals surface area contributed by atoms with E-state index in [0.29, 0.717) is 0 Å². The number of hydrogen-bond donors (Lipinski definition) is 0. The van der Waals surface area contributed by atoms with Gasteiger partial charge in [0.1, 0.15) is 0 Å². The van der Waals surface area contributed by atoms with Gasteiger partial charge in [-0.15, -0.1) is 0 Å². The summed E-state index contributed by atoms with van der Waals surface area (Å²) in [6.07, 6.45) is 0. The summed E-state index contributed by atoms with van der Waals surface area (Å²) in [5.74, 6) is 0. The first-order chi connectivity index (χ1) is 27.2. The summed E-state index contributed by atoms with van der Waals surface area (Å²) in [5, 5.41) is 2.48. The van der Waals surface area contributed by atoms with Gasteiger partial charge in [0, 0.05) is 16.5 Å². The quantitative estimate of drug-likeness (QED) is 0.156. The van der Waals surface area contributed by atoms with Crippen LogP contribution in [0.5, 0.6) is 0 Å². The predicted octanol–water partition coefficient (Wildman–Crippen LogP) is 14.8. The van der Waals surface area contributed by atoms with Gasteiger partial charge in [-0.3, -0.25) is 0 Å². The summed E-state index contributed by atoms with van der Waals surface area (Å²) in [6, 6.07) is 81.3. The van der Waals surface area contributed by atoms with Crippen LogP contribution < -0.4 is 0 Å². The summed E-state index contributed by atoms with van der Waals surface area (Å²) in [4.78, 5) is 0. The third-order valence-corrected chi connectivity index (χ3v) is 10.9. The lowest BCUT2D eigenvalue weighted by atomic mass is 9.97. The van der Waals surface area contributed by atoms with Crippen molar-refractivity contribution in [3.8, 4) is 72.4 Å². The van der Waals surface area contributed by atoms with Crippen LogP contribution in [0.4, 0.5) is 0 Å². The van der Waals surface area contributed by atoms with Crippen molar-refractivity contribution in [2.24, 2.45) is 0 Å². The molecule has 1 aromatic heterocycles. The Morgan fingerprint density at radius 1 is 0.200 bits per heavy atom. The fourth-order valence-electron chi connectivity index (χ4n) is 7.92. The van der Waals surface area contributed by atoms with Crippen molar-refractivity contribution in [3.05, 3.63) is 224 Å². The van der Waals surface area contributed by atoms with E-state index in [2.05, 4.69) is 229 Å². The minimum absolute atomic E-state index is 1.14. The summed E-state index contributed by atoms with van der Waals surface area (Å²) < 4.78 is 2.41. The van der Waals surface area contributed by atoms with Crippen LogP contribution >= 0.6 is 0 Å².